The standard InChI is InChI=1S/C20H24N2O7/c1-5-15(13-6-9-17(26-2)19(10-13)28-4)21-20(23)12-29-14-7-8-16(22(24)25)18(11-14)27-3/h6-11,15H,5,12H2,1-4H3,(H,21,23)/t15-/m1/s1. The van der Waals surface area contributed by atoms with Gasteiger partial charge in [-0.15, -0.1) is 0 Å². The molecule has 0 saturated carbocycles. The maximum Gasteiger partial charge on any atom is 0.311 e. The molecule has 29 heavy (non-hydrogen) atoms. The van der Waals surface area contributed by atoms with Crippen LogP contribution in [-0.2, 0) is 4.79 Å². The third-order valence-corrected chi connectivity index (χ3v) is 4.27. The number of nitro benzene ring substituents is 1. The quantitative estimate of drug-likeness (QED) is 0.478. The smallest absolute Gasteiger partial charge is 0.311 e. The minimum Gasteiger partial charge on any atom is -0.493 e. The molecular weight excluding hydrogens is 380 g/mol. The predicted molar refractivity (Wildman–Crippen MR) is 106 cm³/mol. The fourth-order valence-corrected chi connectivity index (χ4v) is 2.77. The first kappa shape index (κ1) is 21.8. The molecule has 156 valence electrons. The van der Waals surface area contributed by atoms with Crippen LogP contribution in [0.15, 0.2) is 36.4 Å². The summed E-state index contributed by atoms with van der Waals surface area (Å²) in [6.07, 6.45) is 0.659. The van der Waals surface area contributed by atoms with Crippen LogP contribution in [0.2, 0.25) is 0 Å². The van der Waals surface area contributed by atoms with Crippen molar-refractivity contribution in [2.24, 2.45) is 0 Å². The molecule has 0 aliphatic carbocycles. The molecule has 0 fully saturated rings. The molecule has 2 aromatic rings. The fraction of sp³-hybridized carbons (Fsp3) is 0.350. The summed E-state index contributed by atoms with van der Waals surface area (Å²) >= 11 is 0. The van der Waals surface area contributed by atoms with Crippen molar-refractivity contribution in [3.05, 3.63) is 52.1 Å². The molecule has 0 spiro atoms. The number of hydrogen-bond acceptors (Lipinski definition) is 7. The zero-order valence-corrected chi connectivity index (χ0v) is 16.8. The second-order valence-electron chi connectivity index (χ2n) is 6.02. The van der Waals surface area contributed by atoms with Gasteiger partial charge in [0.25, 0.3) is 5.91 Å². The third-order valence-electron chi connectivity index (χ3n) is 4.27. The van der Waals surface area contributed by atoms with Crippen molar-refractivity contribution < 1.29 is 28.7 Å². The Morgan fingerprint density at radius 1 is 1.03 bits per heavy atom. The van der Waals surface area contributed by atoms with Gasteiger partial charge in [0.15, 0.2) is 18.1 Å². The number of nitro groups is 1. The van der Waals surface area contributed by atoms with Crippen molar-refractivity contribution >= 4 is 11.6 Å². The summed E-state index contributed by atoms with van der Waals surface area (Å²) in [5.41, 5.74) is 0.694. The van der Waals surface area contributed by atoms with Crippen molar-refractivity contribution in [2.45, 2.75) is 19.4 Å². The largest absolute Gasteiger partial charge is 0.493 e. The average molecular weight is 404 g/mol. The molecule has 2 aromatic carbocycles. The number of nitrogens with zero attached hydrogens (tertiary/aromatic N) is 1. The van der Waals surface area contributed by atoms with Gasteiger partial charge in [0, 0.05) is 12.1 Å². The number of carbonyl (C=O) groups excluding carboxylic acids is 1. The van der Waals surface area contributed by atoms with Gasteiger partial charge in [-0.2, -0.15) is 0 Å². The SMILES string of the molecule is CC[C@@H](NC(=O)COc1ccc([N+](=O)[O-])c(OC)c1)c1ccc(OC)c(OC)c1. The Balaban J connectivity index is 2.03. The van der Waals surface area contributed by atoms with Crippen LogP contribution in [0, 0.1) is 10.1 Å². The van der Waals surface area contributed by atoms with E-state index < -0.39 is 4.92 Å². The van der Waals surface area contributed by atoms with Gasteiger partial charge in [-0.1, -0.05) is 13.0 Å². The lowest BCUT2D eigenvalue weighted by atomic mass is 10.0. The number of benzene rings is 2. The Labute approximate surface area is 168 Å². The minimum atomic E-state index is -0.551. The van der Waals surface area contributed by atoms with Gasteiger partial charge in [-0.05, 0) is 30.2 Å². The van der Waals surface area contributed by atoms with E-state index in [2.05, 4.69) is 5.32 Å². The Morgan fingerprint density at radius 3 is 2.31 bits per heavy atom. The van der Waals surface area contributed by atoms with Crippen LogP contribution in [0.4, 0.5) is 5.69 Å². The number of amides is 1. The van der Waals surface area contributed by atoms with Crippen molar-refractivity contribution in [1.82, 2.24) is 5.32 Å². The molecule has 0 aliphatic heterocycles. The maximum atomic E-state index is 12.3. The van der Waals surface area contributed by atoms with Gasteiger partial charge in [0.05, 0.1) is 32.3 Å². The minimum absolute atomic E-state index is 0.0599. The summed E-state index contributed by atoms with van der Waals surface area (Å²) in [4.78, 5) is 22.7. The van der Waals surface area contributed by atoms with Gasteiger partial charge < -0.3 is 24.3 Å². The monoisotopic (exact) mass is 404 g/mol. The van der Waals surface area contributed by atoms with Gasteiger partial charge in [0.1, 0.15) is 5.75 Å². The van der Waals surface area contributed by atoms with Crippen LogP contribution in [-0.4, -0.2) is 38.8 Å². The number of carbonyl (C=O) groups is 1. The van der Waals surface area contributed by atoms with Crippen molar-refractivity contribution in [3.8, 4) is 23.0 Å². The summed E-state index contributed by atoms with van der Waals surface area (Å²) in [5.74, 6) is 1.20. The van der Waals surface area contributed by atoms with E-state index in [9.17, 15) is 14.9 Å². The van der Waals surface area contributed by atoms with Crippen molar-refractivity contribution in [2.75, 3.05) is 27.9 Å². The zero-order valence-electron chi connectivity index (χ0n) is 16.8. The summed E-state index contributed by atoms with van der Waals surface area (Å²) < 4.78 is 21.0. The van der Waals surface area contributed by atoms with E-state index in [0.717, 1.165) is 5.56 Å². The average Bonchev–Trinajstić information content (AvgIpc) is 2.75. The number of hydrogen-bond donors (Lipinski definition) is 1. The van der Waals surface area contributed by atoms with E-state index in [1.165, 1.54) is 25.3 Å². The first-order valence-corrected chi connectivity index (χ1v) is 8.90. The molecule has 2 rings (SSSR count). The lowest BCUT2D eigenvalue weighted by Gasteiger charge is -2.19. The Kier molecular flexibility index (Phi) is 7.64. The Morgan fingerprint density at radius 2 is 1.72 bits per heavy atom. The molecule has 0 unspecified atom stereocenters. The summed E-state index contributed by atoms with van der Waals surface area (Å²) in [6, 6.07) is 9.27. The molecule has 0 aromatic heterocycles. The molecule has 0 radical (unpaired) electrons. The molecule has 1 amide bonds. The summed E-state index contributed by atoms with van der Waals surface area (Å²) in [7, 11) is 4.43. The van der Waals surface area contributed by atoms with Crippen molar-refractivity contribution in [1.29, 1.82) is 0 Å². The zero-order chi connectivity index (χ0) is 21.4. The van der Waals surface area contributed by atoms with Gasteiger partial charge in [-0.25, -0.2) is 0 Å². The second kappa shape index (κ2) is 10.2. The highest BCUT2D eigenvalue weighted by Gasteiger charge is 2.18. The molecule has 9 nitrogen and oxygen atoms in total. The Bertz CT molecular complexity index is 870. The van der Waals surface area contributed by atoms with E-state index in [1.54, 1.807) is 20.3 Å². The van der Waals surface area contributed by atoms with Crippen LogP contribution in [0.1, 0.15) is 24.9 Å². The molecule has 0 heterocycles. The normalized spacial score (nSPS) is 11.3. The lowest BCUT2D eigenvalue weighted by Crippen LogP contribution is -2.32. The molecule has 0 saturated heterocycles. The van der Waals surface area contributed by atoms with Crippen LogP contribution in [0.25, 0.3) is 0 Å². The highest BCUT2D eigenvalue weighted by Crippen LogP contribution is 2.32. The Hall–Kier alpha value is -3.49. The van der Waals surface area contributed by atoms with Gasteiger partial charge in [0.2, 0.25) is 5.75 Å². The molecule has 1 N–H and O–H groups in total. The number of nitrogens with one attached hydrogen (secondary N) is 1. The predicted octanol–water partition coefficient (Wildman–Crippen LogP) is 3.27. The maximum absolute atomic E-state index is 12.3. The van der Waals surface area contributed by atoms with Crippen LogP contribution in [0.3, 0.4) is 0 Å². The second-order valence-corrected chi connectivity index (χ2v) is 6.02. The topological polar surface area (TPSA) is 109 Å². The fourth-order valence-electron chi connectivity index (χ4n) is 2.77. The third kappa shape index (κ3) is 5.50. The van der Waals surface area contributed by atoms with E-state index in [0.29, 0.717) is 23.7 Å². The molecule has 1 atom stereocenters. The van der Waals surface area contributed by atoms with Crippen molar-refractivity contribution in [3.63, 3.8) is 0 Å². The van der Waals surface area contributed by atoms with Gasteiger partial charge >= 0.3 is 5.69 Å². The summed E-state index contributed by atoms with van der Waals surface area (Å²) in [6.45, 7) is 1.70. The van der Waals surface area contributed by atoms with E-state index in [4.69, 9.17) is 18.9 Å². The van der Waals surface area contributed by atoms with Crippen LogP contribution in [0.5, 0.6) is 23.0 Å². The highest BCUT2D eigenvalue weighted by molar-refractivity contribution is 5.78. The number of ether oxygens (including phenoxy) is 4. The van der Waals surface area contributed by atoms with Gasteiger partial charge in [-0.3, -0.25) is 14.9 Å². The van der Waals surface area contributed by atoms with E-state index >= 15 is 0 Å². The highest BCUT2D eigenvalue weighted by atomic mass is 16.6. The summed E-state index contributed by atoms with van der Waals surface area (Å²) in [5, 5.41) is 13.8. The number of methoxy groups -OCH3 is 3. The van der Waals surface area contributed by atoms with E-state index in [-0.39, 0.29) is 30.0 Å². The lowest BCUT2D eigenvalue weighted by molar-refractivity contribution is -0.385. The van der Waals surface area contributed by atoms with Crippen LogP contribution >= 0.6 is 0 Å². The first-order chi connectivity index (χ1) is 13.9. The molecule has 0 aliphatic rings. The first-order valence-electron chi connectivity index (χ1n) is 8.90. The molecule has 0 bridgehead atoms. The molecular formula is C20H24N2O7. The molecule has 9 heteroatoms. The number of rotatable bonds is 10. The van der Waals surface area contributed by atoms with E-state index in [1.807, 2.05) is 19.1 Å². The van der Waals surface area contributed by atoms with Crippen LogP contribution < -0.4 is 24.3 Å².